The molecule has 0 radical (unpaired) electrons. The van der Waals surface area contributed by atoms with Crippen LogP contribution in [-0.2, 0) is 6.54 Å². The zero-order valence-corrected chi connectivity index (χ0v) is 7.19. The Morgan fingerprint density at radius 2 is 2.00 bits per heavy atom. The summed E-state index contributed by atoms with van der Waals surface area (Å²) in [7, 11) is 0. The molecule has 0 aromatic carbocycles. The quantitative estimate of drug-likeness (QED) is 0.642. The average Bonchev–Trinajstić information content (AvgIpc) is 2.57. The molecule has 4 heteroatoms. The summed E-state index contributed by atoms with van der Waals surface area (Å²) >= 11 is 0. The molecular formula is C8H15N3O. The fourth-order valence-corrected chi connectivity index (χ4v) is 1.09. The minimum absolute atomic E-state index is 0.309. The van der Waals surface area contributed by atoms with Crippen molar-refractivity contribution in [3.8, 4) is 0 Å². The van der Waals surface area contributed by atoms with Gasteiger partial charge in [-0.15, -0.1) is 5.10 Å². The molecule has 0 aliphatic carbocycles. The molecule has 12 heavy (non-hydrogen) atoms. The second-order valence-electron chi connectivity index (χ2n) is 2.80. The molecule has 1 heterocycles. The SMILES string of the molecule is OCCCCCCn1ccnn1. The lowest BCUT2D eigenvalue weighted by Gasteiger charge is -1.99. The molecule has 0 spiro atoms. The Kier molecular flexibility index (Phi) is 4.37. The Labute approximate surface area is 72.2 Å². The minimum Gasteiger partial charge on any atom is -0.396 e. The summed E-state index contributed by atoms with van der Waals surface area (Å²) in [5, 5.41) is 16.1. The van der Waals surface area contributed by atoms with Gasteiger partial charge in [-0.25, -0.2) is 0 Å². The molecule has 0 unspecified atom stereocenters. The zero-order chi connectivity index (χ0) is 8.65. The van der Waals surface area contributed by atoms with Crippen molar-refractivity contribution in [3.63, 3.8) is 0 Å². The summed E-state index contributed by atoms with van der Waals surface area (Å²) in [6.07, 6.45) is 7.84. The van der Waals surface area contributed by atoms with E-state index >= 15 is 0 Å². The Hall–Kier alpha value is -0.900. The van der Waals surface area contributed by atoms with Crippen molar-refractivity contribution in [1.29, 1.82) is 0 Å². The lowest BCUT2D eigenvalue weighted by atomic mass is 10.2. The highest BCUT2D eigenvalue weighted by molar-refractivity contribution is 4.63. The molecule has 0 amide bonds. The van der Waals surface area contributed by atoms with E-state index in [2.05, 4.69) is 10.3 Å². The van der Waals surface area contributed by atoms with Crippen molar-refractivity contribution < 1.29 is 5.11 Å². The van der Waals surface area contributed by atoms with Gasteiger partial charge in [0.1, 0.15) is 0 Å². The topological polar surface area (TPSA) is 50.9 Å². The van der Waals surface area contributed by atoms with Gasteiger partial charge in [-0.1, -0.05) is 18.1 Å². The predicted octanol–water partition coefficient (Wildman–Crippen LogP) is 0.831. The van der Waals surface area contributed by atoms with Crippen LogP contribution in [0.4, 0.5) is 0 Å². The van der Waals surface area contributed by atoms with E-state index in [0.717, 1.165) is 32.2 Å². The highest BCUT2D eigenvalue weighted by atomic mass is 16.2. The molecule has 1 rings (SSSR count). The zero-order valence-electron chi connectivity index (χ0n) is 7.19. The summed E-state index contributed by atoms with van der Waals surface area (Å²) in [5.74, 6) is 0. The maximum Gasteiger partial charge on any atom is 0.0692 e. The van der Waals surface area contributed by atoms with E-state index in [4.69, 9.17) is 5.11 Å². The standard InChI is InChI=1S/C8H15N3O/c12-8-4-2-1-3-6-11-7-5-9-10-11/h5,7,12H,1-4,6,8H2. The molecular weight excluding hydrogens is 154 g/mol. The van der Waals surface area contributed by atoms with Gasteiger partial charge in [-0.3, -0.25) is 4.68 Å². The first-order valence-corrected chi connectivity index (χ1v) is 4.38. The van der Waals surface area contributed by atoms with Crippen LogP contribution < -0.4 is 0 Å². The first-order valence-electron chi connectivity index (χ1n) is 4.38. The minimum atomic E-state index is 0.309. The lowest BCUT2D eigenvalue weighted by Crippen LogP contribution is -1.98. The van der Waals surface area contributed by atoms with Crippen LogP contribution in [0.15, 0.2) is 12.4 Å². The highest BCUT2D eigenvalue weighted by Gasteiger charge is 1.91. The number of aryl methyl sites for hydroxylation is 1. The summed E-state index contributed by atoms with van der Waals surface area (Å²) in [4.78, 5) is 0. The first-order chi connectivity index (χ1) is 5.93. The molecule has 1 N–H and O–H groups in total. The van der Waals surface area contributed by atoms with E-state index in [1.165, 1.54) is 0 Å². The van der Waals surface area contributed by atoms with Crippen LogP contribution in [0, 0.1) is 0 Å². The molecule has 0 fully saturated rings. The Balaban J connectivity index is 1.96. The molecule has 0 aliphatic rings. The lowest BCUT2D eigenvalue weighted by molar-refractivity contribution is 0.282. The number of aromatic nitrogens is 3. The van der Waals surface area contributed by atoms with Gasteiger partial charge in [-0.05, 0) is 12.8 Å². The van der Waals surface area contributed by atoms with Gasteiger partial charge < -0.3 is 5.11 Å². The molecule has 0 aliphatic heterocycles. The predicted molar refractivity (Wildman–Crippen MR) is 45.6 cm³/mol. The van der Waals surface area contributed by atoms with Crippen LogP contribution in [-0.4, -0.2) is 26.7 Å². The van der Waals surface area contributed by atoms with Crippen LogP contribution in [0.3, 0.4) is 0 Å². The molecule has 1 aromatic heterocycles. The third-order valence-corrected chi connectivity index (χ3v) is 1.77. The van der Waals surface area contributed by atoms with Crippen molar-refractivity contribution >= 4 is 0 Å². The number of aliphatic hydroxyl groups excluding tert-OH is 1. The van der Waals surface area contributed by atoms with Crippen molar-refractivity contribution in [2.45, 2.75) is 32.2 Å². The summed E-state index contributed by atoms with van der Waals surface area (Å²) in [6, 6.07) is 0. The number of aliphatic hydroxyl groups is 1. The Morgan fingerprint density at radius 1 is 1.17 bits per heavy atom. The van der Waals surface area contributed by atoms with Gasteiger partial charge >= 0.3 is 0 Å². The Bertz CT molecular complexity index is 186. The number of unbranched alkanes of at least 4 members (excludes halogenated alkanes) is 3. The number of hydrogen-bond donors (Lipinski definition) is 1. The second-order valence-corrected chi connectivity index (χ2v) is 2.80. The van der Waals surface area contributed by atoms with Gasteiger partial charge in [0.15, 0.2) is 0 Å². The van der Waals surface area contributed by atoms with Crippen molar-refractivity contribution in [3.05, 3.63) is 12.4 Å². The molecule has 4 nitrogen and oxygen atoms in total. The van der Waals surface area contributed by atoms with E-state index in [1.54, 1.807) is 6.20 Å². The van der Waals surface area contributed by atoms with Crippen LogP contribution in [0.25, 0.3) is 0 Å². The summed E-state index contributed by atoms with van der Waals surface area (Å²) in [6.45, 7) is 1.24. The van der Waals surface area contributed by atoms with Crippen molar-refractivity contribution in [2.24, 2.45) is 0 Å². The van der Waals surface area contributed by atoms with E-state index in [9.17, 15) is 0 Å². The van der Waals surface area contributed by atoms with Crippen molar-refractivity contribution in [2.75, 3.05) is 6.61 Å². The fourth-order valence-electron chi connectivity index (χ4n) is 1.09. The average molecular weight is 169 g/mol. The maximum atomic E-state index is 8.52. The van der Waals surface area contributed by atoms with Crippen LogP contribution in [0.1, 0.15) is 25.7 Å². The monoisotopic (exact) mass is 169 g/mol. The third kappa shape index (κ3) is 3.48. The summed E-state index contributed by atoms with van der Waals surface area (Å²) in [5.41, 5.74) is 0. The number of rotatable bonds is 6. The molecule has 0 saturated heterocycles. The number of nitrogens with zero attached hydrogens (tertiary/aromatic N) is 3. The van der Waals surface area contributed by atoms with Crippen LogP contribution >= 0.6 is 0 Å². The van der Waals surface area contributed by atoms with E-state index in [1.807, 2.05) is 10.9 Å². The van der Waals surface area contributed by atoms with Gasteiger partial charge in [0.25, 0.3) is 0 Å². The summed E-state index contributed by atoms with van der Waals surface area (Å²) < 4.78 is 1.83. The highest BCUT2D eigenvalue weighted by Crippen LogP contribution is 2.00. The second kappa shape index (κ2) is 5.71. The van der Waals surface area contributed by atoms with E-state index in [-0.39, 0.29) is 0 Å². The number of hydrogen-bond acceptors (Lipinski definition) is 3. The Morgan fingerprint density at radius 3 is 2.67 bits per heavy atom. The van der Waals surface area contributed by atoms with Gasteiger partial charge in [0, 0.05) is 19.3 Å². The van der Waals surface area contributed by atoms with Crippen LogP contribution in [0.5, 0.6) is 0 Å². The van der Waals surface area contributed by atoms with Crippen LogP contribution in [0.2, 0.25) is 0 Å². The first kappa shape index (κ1) is 9.19. The van der Waals surface area contributed by atoms with Crippen molar-refractivity contribution in [1.82, 2.24) is 15.0 Å². The fraction of sp³-hybridized carbons (Fsp3) is 0.750. The smallest absolute Gasteiger partial charge is 0.0692 e. The normalized spacial score (nSPS) is 10.4. The maximum absolute atomic E-state index is 8.52. The van der Waals surface area contributed by atoms with Gasteiger partial charge in [0.2, 0.25) is 0 Å². The van der Waals surface area contributed by atoms with E-state index in [0.29, 0.717) is 6.61 Å². The molecule has 0 bridgehead atoms. The molecule has 1 aromatic rings. The van der Waals surface area contributed by atoms with E-state index < -0.39 is 0 Å². The largest absolute Gasteiger partial charge is 0.396 e. The van der Waals surface area contributed by atoms with Gasteiger partial charge in [-0.2, -0.15) is 0 Å². The third-order valence-electron chi connectivity index (χ3n) is 1.77. The molecule has 68 valence electrons. The molecule has 0 atom stereocenters. The molecule has 0 saturated carbocycles. The van der Waals surface area contributed by atoms with Gasteiger partial charge in [0.05, 0.1) is 6.20 Å².